The lowest BCUT2D eigenvalue weighted by molar-refractivity contribution is 0.0803. The minimum absolute atomic E-state index is 0.201. The molecule has 0 aromatic heterocycles. The maximum absolute atomic E-state index is 5.70. The van der Waals surface area contributed by atoms with Crippen LogP contribution in [0.1, 0.15) is 19.8 Å². The van der Waals surface area contributed by atoms with E-state index in [1.54, 1.807) is 0 Å². The minimum atomic E-state index is 0.201. The largest absolute Gasteiger partial charge is 0.381 e. The molecule has 0 aromatic rings. The summed E-state index contributed by atoms with van der Waals surface area (Å²) in [5.74, 6) is 0.606. The SMILES string of the molecule is CCC(N)COCC1CCOC1. The second-order valence-electron chi connectivity index (χ2n) is 3.44. The monoisotopic (exact) mass is 173 g/mol. The van der Waals surface area contributed by atoms with E-state index in [0.717, 1.165) is 32.7 Å². The van der Waals surface area contributed by atoms with Crippen molar-refractivity contribution < 1.29 is 9.47 Å². The van der Waals surface area contributed by atoms with Crippen LogP contribution in [0.15, 0.2) is 0 Å². The molecule has 2 N–H and O–H groups in total. The fraction of sp³-hybridized carbons (Fsp3) is 1.00. The molecule has 0 aliphatic carbocycles. The third-order valence-corrected chi connectivity index (χ3v) is 2.23. The van der Waals surface area contributed by atoms with E-state index >= 15 is 0 Å². The summed E-state index contributed by atoms with van der Waals surface area (Å²) in [6, 6.07) is 0.201. The van der Waals surface area contributed by atoms with Gasteiger partial charge >= 0.3 is 0 Å². The van der Waals surface area contributed by atoms with Crippen molar-refractivity contribution >= 4 is 0 Å². The maximum Gasteiger partial charge on any atom is 0.0617 e. The van der Waals surface area contributed by atoms with Gasteiger partial charge in [0.05, 0.1) is 19.8 Å². The zero-order chi connectivity index (χ0) is 8.81. The molecule has 1 fully saturated rings. The van der Waals surface area contributed by atoms with Gasteiger partial charge < -0.3 is 15.2 Å². The fourth-order valence-electron chi connectivity index (χ4n) is 1.22. The number of rotatable bonds is 5. The van der Waals surface area contributed by atoms with Crippen molar-refractivity contribution in [2.45, 2.75) is 25.8 Å². The van der Waals surface area contributed by atoms with Gasteiger partial charge in [-0.1, -0.05) is 6.92 Å². The topological polar surface area (TPSA) is 44.5 Å². The van der Waals surface area contributed by atoms with E-state index < -0.39 is 0 Å². The molecule has 3 heteroatoms. The Morgan fingerprint density at radius 3 is 3.08 bits per heavy atom. The molecule has 1 heterocycles. The molecule has 12 heavy (non-hydrogen) atoms. The van der Waals surface area contributed by atoms with Gasteiger partial charge in [0.1, 0.15) is 0 Å². The molecule has 0 bridgehead atoms. The normalized spacial score (nSPS) is 26.0. The van der Waals surface area contributed by atoms with E-state index in [9.17, 15) is 0 Å². The summed E-state index contributed by atoms with van der Waals surface area (Å²) in [6.45, 7) is 5.34. The van der Waals surface area contributed by atoms with Crippen LogP contribution in [-0.4, -0.2) is 32.5 Å². The molecular weight excluding hydrogens is 154 g/mol. The highest BCUT2D eigenvalue weighted by atomic mass is 16.5. The predicted octanol–water partition coefficient (Wildman–Crippen LogP) is 0.777. The Kier molecular flexibility index (Phi) is 4.58. The van der Waals surface area contributed by atoms with Crippen molar-refractivity contribution in [1.29, 1.82) is 0 Å². The summed E-state index contributed by atoms with van der Waals surface area (Å²) < 4.78 is 10.7. The number of hydrogen-bond donors (Lipinski definition) is 1. The highest BCUT2D eigenvalue weighted by Gasteiger charge is 2.15. The molecule has 1 aliphatic heterocycles. The van der Waals surface area contributed by atoms with Gasteiger partial charge in [0.15, 0.2) is 0 Å². The van der Waals surface area contributed by atoms with Crippen LogP contribution in [0.5, 0.6) is 0 Å². The molecule has 0 amide bonds. The van der Waals surface area contributed by atoms with Crippen LogP contribution in [-0.2, 0) is 9.47 Å². The molecule has 1 saturated heterocycles. The Bertz CT molecular complexity index is 113. The third kappa shape index (κ3) is 3.52. The van der Waals surface area contributed by atoms with Gasteiger partial charge in [-0.05, 0) is 12.8 Å². The van der Waals surface area contributed by atoms with Gasteiger partial charge in [0, 0.05) is 18.6 Å². The van der Waals surface area contributed by atoms with Crippen molar-refractivity contribution in [3.05, 3.63) is 0 Å². The summed E-state index contributed by atoms with van der Waals surface area (Å²) in [4.78, 5) is 0. The van der Waals surface area contributed by atoms with Crippen LogP contribution in [0.25, 0.3) is 0 Å². The molecule has 0 saturated carbocycles. The summed E-state index contributed by atoms with van der Waals surface area (Å²) in [7, 11) is 0. The van der Waals surface area contributed by atoms with Crippen molar-refractivity contribution in [2.24, 2.45) is 11.7 Å². The summed E-state index contributed by atoms with van der Waals surface area (Å²) in [5, 5.41) is 0. The summed E-state index contributed by atoms with van der Waals surface area (Å²) in [5.41, 5.74) is 5.70. The highest BCUT2D eigenvalue weighted by molar-refractivity contribution is 4.64. The average Bonchev–Trinajstić information content (AvgIpc) is 2.57. The Morgan fingerprint density at radius 2 is 2.50 bits per heavy atom. The van der Waals surface area contributed by atoms with Crippen LogP contribution < -0.4 is 5.73 Å². The first kappa shape index (κ1) is 9.96. The lowest BCUT2D eigenvalue weighted by Crippen LogP contribution is -2.26. The average molecular weight is 173 g/mol. The van der Waals surface area contributed by atoms with Gasteiger partial charge in [-0.2, -0.15) is 0 Å². The molecule has 2 unspecified atom stereocenters. The van der Waals surface area contributed by atoms with E-state index in [4.69, 9.17) is 15.2 Å². The van der Waals surface area contributed by atoms with E-state index in [1.165, 1.54) is 0 Å². The zero-order valence-electron chi connectivity index (χ0n) is 7.79. The first-order valence-corrected chi connectivity index (χ1v) is 4.74. The van der Waals surface area contributed by atoms with Gasteiger partial charge in [0.2, 0.25) is 0 Å². The van der Waals surface area contributed by atoms with Crippen molar-refractivity contribution in [2.75, 3.05) is 26.4 Å². The van der Waals surface area contributed by atoms with E-state index in [0.29, 0.717) is 12.5 Å². The van der Waals surface area contributed by atoms with Crippen LogP contribution in [0.4, 0.5) is 0 Å². The molecule has 1 aliphatic rings. The van der Waals surface area contributed by atoms with E-state index in [-0.39, 0.29) is 6.04 Å². The Hall–Kier alpha value is -0.120. The molecule has 2 atom stereocenters. The van der Waals surface area contributed by atoms with Crippen LogP contribution in [0.3, 0.4) is 0 Å². The number of nitrogens with two attached hydrogens (primary N) is 1. The first-order valence-electron chi connectivity index (χ1n) is 4.74. The second kappa shape index (κ2) is 5.51. The van der Waals surface area contributed by atoms with Gasteiger partial charge in [0.25, 0.3) is 0 Å². The summed E-state index contributed by atoms with van der Waals surface area (Å²) in [6.07, 6.45) is 2.13. The second-order valence-corrected chi connectivity index (χ2v) is 3.44. The third-order valence-electron chi connectivity index (χ3n) is 2.23. The first-order chi connectivity index (χ1) is 5.83. The van der Waals surface area contributed by atoms with Crippen LogP contribution in [0, 0.1) is 5.92 Å². The lowest BCUT2D eigenvalue weighted by Gasteiger charge is -2.12. The lowest BCUT2D eigenvalue weighted by atomic mass is 10.1. The van der Waals surface area contributed by atoms with Crippen molar-refractivity contribution in [1.82, 2.24) is 0 Å². The zero-order valence-corrected chi connectivity index (χ0v) is 7.79. The minimum Gasteiger partial charge on any atom is -0.381 e. The van der Waals surface area contributed by atoms with Crippen LogP contribution >= 0.6 is 0 Å². The number of ether oxygens (including phenoxy) is 2. The van der Waals surface area contributed by atoms with Crippen molar-refractivity contribution in [3.63, 3.8) is 0 Å². The highest BCUT2D eigenvalue weighted by Crippen LogP contribution is 2.12. The predicted molar refractivity (Wildman–Crippen MR) is 48.0 cm³/mol. The maximum atomic E-state index is 5.70. The summed E-state index contributed by atoms with van der Waals surface area (Å²) >= 11 is 0. The molecular formula is C9H19NO2. The Balaban J connectivity index is 1.94. The quantitative estimate of drug-likeness (QED) is 0.668. The Morgan fingerprint density at radius 1 is 1.67 bits per heavy atom. The Labute approximate surface area is 74.2 Å². The molecule has 0 radical (unpaired) electrons. The van der Waals surface area contributed by atoms with Crippen molar-refractivity contribution in [3.8, 4) is 0 Å². The molecule has 3 nitrogen and oxygen atoms in total. The van der Waals surface area contributed by atoms with Gasteiger partial charge in [-0.25, -0.2) is 0 Å². The number of hydrogen-bond acceptors (Lipinski definition) is 3. The standard InChI is InChI=1S/C9H19NO2/c1-2-9(10)7-12-6-8-3-4-11-5-8/h8-9H,2-7,10H2,1H3. The molecule has 1 rings (SSSR count). The van der Waals surface area contributed by atoms with Crippen LogP contribution in [0.2, 0.25) is 0 Å². The molecule has 72 valence electrons. The molecule has 0 spiro atoms. The molecule has 0 aromatic carbocycles. The van der Waals surface area contributed by atoms with Gasteiger partial charge in [-0.15, -0.1) is 0 Å². The van der Waals surface area contributed by atoms with E-state index in [1.807, 2.05) is 0 Å². The van der Waals surface area contributed by atoms with E-state index in [2.05, 4.69) is 6.92 Å². The van der Waals surface area contributed by atoms with Gasteiger partial charge in [-0.3, -0.25) is 0 Å². The fourth-order valence-corrected chi connectivity index (χ4v) is 1.22. The smallest absolute Gasteiger partial charge is 0.0617 e.